The van der Waals surface area contributed by atoms with Crippen LogP contribution in [0.4, 0.5) is 0 Å². The molecule has 0 aromatic carbocycles. The van der Waals surface area contributed by atoms with Gasteiger partial charge in [-0.25, -0.2) is 0 Å². The summed E-state index contributed by atoms with van der Waals surface area (Å²) in [5, 5.41) is 6.08. The minimum absolute atomic E-state index is 0. The molecule has 18 heavy (non-hydrogen) atoms. The van der Waals surface area contributed by atoms with E-state index in [0.29, 0.717) is 0 Å². The quantitative estimate of drug-likeness (QED) is 0.283. The van der Waals surface area contributed by atoms with Gasteiger partial charge in [0, 0.05) is 65.2 Å². The zero-order chi connectivity index (χ0) is 11.6. The van der Waals surface area contributed by atoms with E-state index in [1.807, 2.05) is 0 Å². The molecule has 0 aromatic rings. The smallest absolute Gasteiger partial charge is 0.778 e. The van der Waals surface area contributed by atoms with Crippen molar-refractivity contribution in [3.8, 4) is 0 Å². The summed E-state index contributed by atoms with van der Waals surface area (Å²) < 4.78 is 21.1. The summed E-state index contributed by atoms with van der Waals surface area (Å²) in [7, 11) is -10.5. The normalized spacial score (nSPS) is 19.2. The molecule has 88 valence electrons. The molecule has 0 aliphatic heterocycles. The molecule has 0 saturated carbocycles. The van der Waals surface area contributed by atoms with E-state index < -0.39 is 39.7 Å². The SMILES string of the molecule is NC(CO)CC(P(=O)([O-])O)P(=O)([O-])O.[Na+].[Na+].[Na].[Na]. The average molecular weight is 339 g/mol. The van der Waals surface area contributed by atoms with E-state index in [-0.39, 0.29) is 118 Å². The molecule has 0 rings (SSSR count). The molecule has 0 fully saturated rings. The summed E-state index contributed by atoms with van der Waals surface area (Å²) in [6, 6.07) is -1.15. The minimum atomic E-state index is -5.23. The van der Waals surface area contributed by atoms with Crippen molar-refractivity contribution in [1.29, 1.82) is 0 Å². The van der Waals surface area contributed by atoms with Crippen LogP contribution in [0.3, 0.4) is 0 Å². The first-order chi connectivity index (χ1) is 6.09. The van der Waals surface area contributed by atoms with E-state index in [1.165, 1.54) is 0 Å². The van der Waals surface area contributed by atoms with Gasteiger partial charge in [0.05, 0.1) is 12.0 Å². The van der Waals surface area contributed by atoms with Crippen molar-refractivity contribution in [2.75, 3.05) is 6.61 Å². The van der Waals surface area contributed by atoms with Gasteiger partial charge in [-0.1, -0.05) is 0 Å². The second-order valence-electron chi connectivity index (χ2n) is 2.79. The molecule has 3 unspecified atom stereocenters. The van der Waals surface area contributed by atoms with Gasteiger partial charge in [0.15, 0.2) is 0 Å². The van der Waals surface area contributed by atoms with Crippen LogP contribution >= 0.6 is 15.2 Å². The van der Waals surface area contributed by atoms with Crippen LogP contribution in [-0.4, -0.2) is 92.1 Å². The maximum Gasteiger partial charge on any atom is 1.00 e. The standard InChI is InChI=1S/C4H13NO7P2.4Na/c5-3(2-6)1-4(13(7,8)9)14(10,11)12;;;;/h3-4,6H,1-2,5H2,(H2,7,8,9)(H2,10,11,12);;;;/q;;;2*+1/p-2. The Morgan fingerprint density at radius 2 is 1.33 bits per heavy atom. The van der Waals surface area contributed by atoms with Crippen LogP contribution < -0.4 is 74.6 Å². The zero-order valence-electron chi connectivity index (χ0n) is 11.0. The number of hydrogen-bond donors (Lipinski definition) is 4. The summed E-state index contributed by atoms with van der Waals surface area (Å²) in [4.78, 5) is 38.1. The van der Waals surface area contributed by atoms with Crippen LogP contribution in [-0.2, 0) is 9.13 Å². The molecule has 0 bridgehead atoms. The summed E-state index contributed by atoms with van der Waals surface area (Å²) in [5.74, 6) is 0. The summed E-state index contributed by atoms with van der Waals surface area (Å²) in [6.07, 6.45) is -0.759. The van der Waals surface area contributed by atoms with Gasteiger partial charge in [0.25, 0.3) is 0 Å². The molecule has 8 nitrogen and oxygen atoms in total. The van der Waals surface area contributed by atoms with E-state index >= 15 is 0 Å². The van der Waals surface area contributed by atoms with Crippen LogP contribution in [0, 0.1) is 0 Å². The summed E-state index contributed by atoms with van der Waals surface area (Å²) in [6.45, 7) is -0.656. The number of aliphatic hydroxyl groups is 1. The summed E-state index contributed by atoms with van der Waals surface area (Å²) >= 11 is 0. The fourth-order valence-electron chi connectivity index (χ4n) is 0.796. The third-order valence-corrected chi connectivity index (χ3v) is 5.18. The molecule has 14 heteroatoms. The second kappa shape index (κ2) is 14.8. The van der Waals surface area contributed by atoms with Crippen molar-refractivity contribution >= 4 is 74.3 Å². The zero-order valence-corrected chi connectivity index (χ0v) is 20.8. The van der Waals surface area contributed by atoms with E-state index in [2.05, 4.69) is 0 Å². The van der Waals surface area contributed by atoms with E-state index in [9.17, 15) is 18.9 Å². The van der Waals surface area contributed by atoms with Gasteiger partial charge in [0.2, 0.25) is 0 Å². The third kappa shape index (κ3) is 15.1. The van der Waals surface area contributed by atoms with Crippen LogP contribution in [0.15, 0.2) is 0 Å². The maximum atomic E-state index is 10.5. The molecule has 2 radical (unpaired) electrons. The topological polar surface area (TPSA) is 167 Å². The van der Waals surface area contributed by atoms with Crippen LogP contribution in [0.1, 0.15) is 6.42 Å². The fraction of sp³-hybridized carbons (Fsp3) is 1.00. The van der Waals surface area contributed by atoms with Crippen LogP contribution in [0.25, 0.3) is 0 Å². The Hall–Kier alpha value is 4.22. The second-order valence-corrected chi connectivity index (χ2v) is 6.70. The summed E-state index contributed by atoms with van der Waals surface area (Å²) in [5.41, 5.74) is 5.08. The largest absolute Gasteiger partial charge is 1.00 e. The molecule has 3 atom stereocenters. The van der Waals surface area contributed by atoms with Crippen molar-refractivity contribution < 1.29 is 92.9 Å². The minimum Gasteiger partial charge on any atom is -0.778 e. The molecule has 0 aromatic heterocycles. The predicted molar refractivity (Wildman–Crippen MR) is 54.6 cm³/mol. The van der Waals surface area contributed by atoms with Gasteiger partial charge < -0.3 is 39.5 Å². The van der Waals surface area contributed by atoms with E-state index in [1.54, 1.807) is 0 Å². The molecular weight excluding hydrogens is 328 g/mol. The Kier molecular flexibility index (Phi) is 27.7. The first kappa shape index (κ1) is 33.7. The molecular formula is C4H11NNa4O7P2. The molecule has 0 amide bonds. The molecule has 0 spiro atoms. The molecule has 0 aliphatic rings. The van der Waals surface area contributed by atoms with Gasteiger partial charge in [-0.15, -0.1) is 0 Å². The van der Waals surface area contributed by atoms with Gasteiger partial charge in [-0.3, -0.25) is 0 Å². The average Bonchev–Trinajstić information content (AvgIpc) is 1.95. The Balaban J connectivity index is -0.000000141. The van der Waals surface area contributed by atoms with Crippen LogP contribution in [0.2, 0.25) is 0 Å². The molecule has 0 aliphatic carbocycles. The number of nitrogens with two attached hydrogens (primary N) is 1. The van der Waals surface area contributed by atoms with Crippen molar-refractivity contribution in [2.45, 2.75) is 17.9 Å². The van der Waals surface area contributed by atoms with Crippen molar-refractivity contribution in [1.82, 2.24) is 0 Å². The monoisotopic (exact) mass is 339 g/mol. The maximum absolute atomic E-state index is 10.5. The van der Waals surface area contributed by atoms with Crippen molar-refractivity contribution in [3.63, 3.8) is 0 Å². The van der Waals surface area contributed by atoms with Crippen molar-refractivity contribution in [2.24, 2.45) is 5.73 Å². The number of rotatable bonds is 5. The van der Waals surface area contributed by atoms with Crippen LogP contribution in [0.5, 0.6) is 0 Å². The van der Waals surface area contributed by atoms with Gasteiger partial charge in [-0.2, -0.15) is 0 Å². The van der Waals surface area contributed by atoms with Gasteiger partial charge in [-0.05, 0) is 6.42 Å². The first-order valence-electron chi connectivity index (χ1n) is 3.52. The van der Waals surface area contributed by atoms with E-state index in [0.717, 1.165) is 0 Å². The van der Waals surface area contributed by atoms with Gasteiger partial charge >= 0.3 is 59.1 Å². The first-order valence-corrected chi connectivity index (χ1v) is 6.81. The Morgan fingerprint density at radius 3 is 1.50 bits per heavy atom. The Bertz CT molecular complexity index is 261. The Labute approximate surface area is 194 Å². The molecule has 5 N–H and O–H groups in total. The van der Waals surface area contributed by atoms with Gasteiger partial charge in [0.1, 0.15) is 15.2 Å². The third-order valence-electron chi connectivity index (χ3n) is 1.50. The number of aliphatic hydroxyl groups excluding tert-OH is 1. The van der Waals surface area contributed by atoms with E-state index in [4.69, 9.17) is 20.6 Å². The molecule has 0 saturated heterocycles. The van der Waals surface area contributed by atoms with Crippen molar-refractivity contribution in [3.05, 3.63) is 0 Å². The molecule has 0 heterocycles. The fourth-order valence-corrected chi connectivity index (χ4v) is 3.35. The number of hydrogen-bond acceptors (Lipinski definition) is 6. The predicted octanol–water partition coefficient (Wildman–Crippen LogP) is -9.64. The Morgan fingerprint density at radius 1 is 1.06 bits per heavy atom.